The molecule has 2 aliphatic carbocycles. The van der Waals surface area contributed by atoms with E-state index < -0.39 is 0 Å². The highest BCUT2D eigenvalue weighted by atomic mass is 15.1. The minimum absolute atomic E-state index is 0.717. The molecule has 0 radical (unpaired) electrons. The monoisotopic (exact) mass is 241 g/mol. The molecule has 0 spiro atoms. The molecule has 3 nitrogen and oxygen atoms in total. The van der Waals surface area contributed by atoms with Crippen molar-refractivity contribution in [3.63, 3.8) is 0 Å². The zero-order valence-electron chi connectivity index (χ0n) is 10.6. The van der Waals surface area contributed by atoms with Crippen LogP contribution in [0.1, 0.15) is 43.7 Å². The lowest BCUT2D eigenvalue weighted by Crippen LogP contribution is -2.34. The summed E-state index contributed by atoms with van der Waals surface area (Å²) in [7, 11) is 0. The zero-order chi connectivity index (χ0) is 11.9. The van der Waals surface area contributed by atoms with Crippen LogP contribution in [0.4, 0.5) is 0 Å². The number of aromatic nitrogens is 2. The van der Waals surface area contributed by atoms with Crippen molar-refractivity contribution in [1.82, 2.24) is 14.9 Å². The molecule has 0 unspecified atom stereocenters. The number of fused-ring (bicyclic) bond motifs is 1. The van der Waals surface area contributed by atoms with Gasteiger partial charge in [-0.25, -0.2) is 4.98 Å². The van der Waals surface area contributed by atoms with E-state index in [0.29, 0.717) is 6.04 Å². The summed E-state index contributed by atoms with van der Waals surface area (Å²) >= 11 is 0. The fourth-order valence-electron chi connectivity index (χ4n) is 2.71. The molecule has 2 fully saturated rings. The topological polar surface area (TPSA) is 29.9 Å². The van der Waals surface area contributed by atoms with Crippen molar-refractivity contribution in [2.75, 3.05) is 0 Å². The number of nitrogens with zero attached hydrogens (tertiary/aromatic N) is 2. The molecule has 0 saturated heterocycles. The maximum absolute atomic E-state index is 4.54. The lowest BCUT2D eigenvalue weighted by Gasteiger charge is -2.26. The molecule has 1 aromatic carbocycles. The Bertz CT molecular complexity index is 564. The number of nitrogens with one attached hydrogen (secondary N) is 1. The zero-order valence-corrected chi connectivity index (χ0v) is 10.6. The molecular weight excluding hydrogens is 222 g/mol. The van der Waals surface area contributed by atoms with Gasteiger partial charge in [-0.3, -0.25) is 0 Å². The van der Waals surface area contributed by atoms with Crippen LogP contribution in [0.3, 0.4) is 0 Å². The van der Waals surface area contributed by atoms with Crippen LogP contribution in [-0.2, 0) is 6.54 Å². The van der Waals surface area contributed by atoms with Crippen molar-refractivity contribution < 1.29 is 0 Å². The number of hydrogen-bond acceptors (Lipinski definition) is 2. The molecule has 0 aliphatic heterocycles. The fraction of sp³-hybridized carbons (Fsp3) is 0.533. The van der Waals surface area contributed by atoms with Crippen LogP contribution in [0.2, 0.25) is 0 Å². The first-order valence-corrected chi connectivity index (χ1v) is 7.09. The summed E-state index contributed by atoms with van der Waals surface area (Å²) in [5.74, 6) is 0. The van der Waals surface area contributed by atoms with Gasteiger partial charge in [-0.2, -0.15) is 0 Å². The standard InChI is InChI=1S/C15H19N3/c1-2-12(3-1)16-9-11-4-7-15-14(8-11)17-10-18(15)13-5-6-13/h4,7-8,10,12-13,16H,1-3,5-6,9H2. The van der Waals surface area contributed by atoms with E-state index in [9.17, 15) is 0 Å². The predicted octanol–water partition coefficient (Wildman–Crippen LogP) is 3.01. The molecule has 94 valence electrons. The Labute approximate surface area is 107 Å². The molecule has 1 N–H and O–H groups in total. The Morgan fingerprint density at radius 2 is 2.11 bits per heavy atom. The van der Waals surface area contributed by atoms with Gasteiger partial charge < -0.3 is 9.88 Å². The molecule has 2 saturated carbocycles. The van der Waals surface area contributed by atoms with Gasteiger partial charge in [-0.15, -0.1) is 0 Å². The highest BCUT2D eigenvalue weighted by Gasteiger charge is 2.24. The van der Waals surface area contributed by atoms with E-state index in [4.69, 9.17) is 0 Å². The molecule has 3 heteroatoms. The van der Waals surface area contributed by atoms with E-state index in [2.05, 4.69) is 33.1 Å². The van der Waals surface area contributed by atoms with Gasteiger partial charge in [-0.05, 0) is 43.4 Å². The third-order valence-corrected chi connectivity index (χ3v) is 4.28. The van der Waals surface area contributed by atoms with Gasteiger partial charge in [-0.1, -0.05) is 12.5 Å². The van der Waals surface area contributed by atoms with Crippen molar-refractivity contribution in [2.45, 2.75) is 50.7 Å². The Kier molecular flexibility index (Phi) is 2.40. The quantitative estimate of drug-likeness (QED) is 0.891. The molecule has 1 aromatic heterocycles. The predicted molar refractivity (Wildman–Crippen MR) is 72.5 cm³/mol. The maximum Gasteiger partial charge on any atom is 0.0960 e. The van der Waals surface area contributed by atoms with Crippen LogP contribution in [0.25, 0.3) is 11.0 Å². The number of imidazole rings is 1. The van der Waals surface area contributed by atoms with E-state index in [1.54, 1.807) is 0 Å². The molecule has 2 aliphatic rings. The van der Waals surface area contributed by atoms with Gasteiger partial charge in [0.1, 0.15) is 0 Å². The molecular formula is C15H19N3. The second-order valence-electron chi connectivity index (χ2n) is 5.71. The lowest BCUT2D eigenvalue weighted by molar-refractivity contribution is 0.338. The summed E-state index contributed by atoms with van der Waals surface area (Å²) in [5.41, 5.74) is 3.80. The summed E-state index contributed by atoms with van der Waals surface area (Å²) in [6.07, 6.45) is 8.72. The smallest absolute Gasteiger partial charge is 0.0960 e. The van der Waals surface area contributed by atoms with Crippen LogP contribution >= 0.6 is 0 Å². The lowest BCUT2D eigenvalue weighted by atomic mass is 9.93. The highest BCUT2D eigenvalue weighted by molar-refractivity contribution is 5.76. The van der Waals surface area contributed by atoms with Gasteiger partial charge in [0.15, 0.2) is 0 Å². The van der Waals surface area contributed by atoms with E-state index >= 15 is 0 Å². The number of rotatable bonds is 4. The molecule has 0 bridgehead atoms. The summed E-state index contributed by atoms with van der Waals surface area (Å²) < 4.78 is 2.33. The van der Waals surface area contributed by atoms with Gasteiger partial charge in [0, 0.05) is 18.6 Å². The van der Waals surface area contributed by atoms with E-state index in [-0.39, 0.29) is 0 Å². The molecule has 2 aromatic rings. The Morgan fingerprint density at radius 3 is 2.83 bits per heavy atom. The molecule has 0 atom stereocenters. The summed E-state index contributed by atoms with van der Waals surface area (Å²) in [6.45, 7) is 0.983. The molecule has 1 heterocycles. The van der Waals surface area contributed by atoms with Crippen LogP contribution in [0.5, 0.6) is 0 Å². The van der Waals surface area contributed by atoms with Crippen molar-refractivity contribution >= 4 is 11.0 Å². The summed E-state index contributed by atoms with van der Waals surface area (Å²) in [6, 6.07) is 8.19. The second-order valence-corrected chi connectivity index (χ2v) is 5.71. The highest BCUT2D eigenvalue weighted by Crippen LogP contribution is 2.37. The first-order valence-electron chi connectivity index (χ1n) is 7.09. The minimum atomic E-state index is 0.717. The maximum atomic E-state index is 4.54. The van der Waals surface area contributed by atoms with Gasteiger partial charge in [0.05, 0.1) is 17.4 Å². The largest absolute Gasteiger partial charge is 0.327 e. The average Bonchev–Trinajstić information content (AvgIpc) is 3.08. The summed E-state index contributed by atoms with van der Waals surface area (Å²) in [5, 5.41) is 3.61. The van der Waals surface area contributed by atoms with Gasteiger partial charge >= 0.3 is 0 Å². The van der Waals surface area contributed by atoms with E-state index in [1.165, 1.54) is 43.2 Å². The molecule has 0 amide bonds. The molecule has 4 rings (SSSR count). The Balaban J connectivity index is 1.55. The third kappa shape index (κ3) is 1.83. The van der Waals surface area contributed by atoms with Crippen molar-refractivity contribution in [2.24, 2.45) is 0 Å². The number of benzene rings is 1. The Morgan fingerprint density at radius 1 is 1.22 bits per heavy atom. The van der Waals surface area contributed by atoms with E-state index in [1.807, 2.05) is 6.33 Å². The van der Waals surface area contributed by atoms with Crippen LogP contribution in [0.15, 0.2) is 24.5 Å². The second kappa shape index (κ2) is 4.09. The van der Waals surface area contributed by atoms with Crippen LogP contribution in [0, 0.1) is 0 Å². The Hall–Kier alpha value is -1.35. The number of hydrogen-bond donors (Lipinski definition) is 1. The third-order valence-electron chi connectivity index (χ3n) is 4.28. The van der Waals surface area contributed by atoms with Crippen LogP contribution in [-0.4, -0.2) is 15.6 Å². The SMILES string of the molecule is c1cc2c(cc1CNC1CCC1)ncn2C1CC1. The van der Waals surface area contributed by atoms with E-state index in [0.717, 1.165) is 18.1 Å². The first-order chi connectivity index (χ1) is 8.90. The van der Waals surface area contributed by atoms with Crippen molar-refractivity contribution in [1.29, 1.82) is 0 Å². The normalized spacial score (nSPS) is 20.2. The summed E-state index contributed by atoms with van der Waals surface area (Å²) in [4.78, 5) is 4.54. The van der Waals surface area contributed by atoms with Crippen molar-refractivity contribution in [3.05, 3.63) is 30.1 Å². The minimum Gasteiger partial charge on any atom is -0.327 e. The van der Waals surface area contributed by atoms with Crippen LogP contribution < -0.4 is 5.32 Å². The van der Waals surface area contributed by atoms with Gasteiger partial charge in [0.2, 0.25) is 0 Å². The fourth-order valence-corrected chi connectivity index (χ4v) is 2.71. The first kappa shape index (κ1) is 10.6. The van der Waals surface area contributed by atoms with Crippen molar-refractivity contribution in [3.8, 4) is 0 Å². The average molecular weight is 241 g/mol. The van der Waals surface area contributed by atoms with Gasteiger partial charge in [0.25, 0.3) is 0 Å². The molecule has 18 heavy (non-hydrogen) atoms.